The molecule has 0 saturated heterocycles. The fourth-order valence-electron chi connectivity index (χ4n) is 1.31. The molecule has 1 amide bonds. The number of hydrogen-bond donors (Lipinski definition) is 1. The number of rotatable bonds is 3. The third kappa shape index (κ3) is 3.64. The molecular formula is C11H14ClN3OS. The first-order valence-electron chi connectivity index (χ1n) is 5.30. The van der Waals surface area contributed by atoms with Gasteiger partial charge in [0, 0.05) is 19.3 Å². The van der Waals surface area contributed by atoms with Crippen LogP contribution < -0.4 is 5.32 Å². The Hall–Kier alpha value is -1.20. The van der Waals surface area contributed by atoms with Crippen LogP contribution in [-0.2, 0) is 0 Å². The number of nitrogens with one attached hydrogen (secondary N) is 1. The van der Waals surface area contributed by atoms with E-state index in [0.717, 1.165) is 13.1 Å². The van der Waals surface area contributed by atoms with Gasteiger partial charge < -0.3 is 4.90 Å². The first-order valence-corrected chi connectivity index (χ1v) is 6.09. The summed E-state index contributed by atoms with van der Waals surface area (Å²) < 4.78 is 0. The van der Waals surface area contributed by atoms with E-state index < -0.39 is 0 Å². The maximum absolute atomic E-state index is 11.9. The van der Waals surface area contributed by atoms with Crippen LogP contribution in [0.2, 0.25) is 5.15 Å². The van der Waals surface area contributed by atoms with Gasteiger partial charge in [0.2, 0.25) is 0 Å². The fraction of sp³-hybridized carbons (Fsp3) is 0.364. The van der Waals surface area contributed by atoms with Crippen molar-refractivity contribution in [3.8, 4) is 0 Å². The summed E-state index contributed by atoms with van der Waals surface area (Å²) in [5, 5.41) is 3.21. The first kappa shape index (κ1) is 13.9. The van der Waals surface area contributed by atoms with Crippen molar-refractivity contribution in [2.24, 2.45) is 0 Å². The Morgan fingerprint density at radius 3 is 2.71 bits per heavy atom. The molecule has 0 saturated carbocycles. The summed E-state index contributed by atoms with van der Waals surface area (Å²) in [6.07, 6.45) is 1.53. The Bertz CT molecular complexity index is 421. The van der Waals surface area contributed by atoms with Crippen LogP contribution >= 0.6 is 23.8 Å². The van der Waals surface area contributed by atoms with E-state index in [2.05, 4.69) is 10.3 Å². The molecule has 1 heterocycles. The molecule has 0 spiro atoms. The Kier molecular flexibility index (Phi) is 5.31. The van der Waals surface area contributed by atoms with Crippen molar-refractivity contribution < 1.29 is 4.79 Å². The molecule has 1 N–H and O–H groups in total. The predicted octanol–water partition coefficient (Wildman–Crippen LogP) is 2.09. The van der Waals surface area contributed by atoms with Gasteiger partial charge in [-0.25, -0.2) is 4.98 Å². The molecule has 0 fully saturated rings. The molecule has 0 aliphatic rings. The molecule has 0 radical (unpaired) electrons. The molecule has 0 unspecified atom stereocenters. The molecule has 0 bridgehead atoms. The maximum Gasteiger partial charge on any atom is 0.260 e. The van der Waals surface area contributed by atoms with Gasteiger partial charge in [-0.3, -0.25) is 10.1 Å². The standard InChI is InChI=1S/C11H14ClN3OS/c1-3-15(4-2)11(17)14-10(16)8-6-5-7-13-9(8)12/h5-7H,3-4H2,1-2H3,(H,14,16,17). The number of aromatic nitrogens is 1. The largest absolute Gasteiger partial charge is 0.350 e. The minimum absolute atomic E-state index is 0.173. The zero-order valence-electron chi connectivity index (χ0n) is 9.74. The highest BCUT2D eigenvalue weighted by atomic mass is 35.5. The molecule has 1 aromatic heterocycles. The van der Waals surface area contributed by atoms with Gasteiger partial charge in [0.25, 0.3) is 5.91 Å². The Morgan fingerprint density at radius 1 is 1.53 bits per heavy atom. The highest BCUT2D eigenvalue weighted by Gasteiger charge is 2.14. The van der Waals surface area contributed by atoms with E-state index in [1.165, 1.54) is 6.20 Å². The van der Waals surface area contributed by atoms with Crippen LogP contribution in [0.3, 0.4) is 0 Å². The Labute approximate surface area is 111 Å². The SMILES string of the molecule is CCN(CC)C(=S)NC(=O)c1cccnc1Cl. The quantitative estimate of drug-likeness (QED) is 0.675. The lowest BCUT2D eigenvalue weighted by Crippen LogP contribution is -2.42. The molecule has 0 atom stereocenters. The molecule has 6 heteroatoms. The number of thiocarbonyl (C=S) groups is 1. The summed E-state index contributed by atoms with van der Waals surface area (Å²) >= 11 is 10.9. The van der Waals surface area contributed by atoms with Crippen molar-refractivity contribution in [1.29, 1.82) is 0 Å². The normalized spacial score (nSPS) is 9.82. The molecule has 1 rings (SSSR count). The minimum atomic E-state index is -0.333. The Morgan fingerprint density at radius 2 is 2.18 bits per heavy atom. The summed E-state index contributed by atoms with van der Waals surface area (Å²) in [6.45, 7) is 5.44. The van der Waals surface area contributed by atoms with Crippen LogP contribution in [0.5, 0.6) is 0 Å². The number of amides is 1. The number of nitrogens with zero attached hydrogens (tertiary/aromatic N) is 2. The summed E-state index contributed by atoms with van der Waals surface area (Å²) in [5.41, 5.74) is 0.323. The number of halogens is 1. The zero-order chi connectivity index (χ0) is 12.8. The van der Waals surface area contributed by atoms with Crippen LogP contribution in [-0.4, -0.2) is 34.0 Å². The average molecular weight is 272 g/mol. The van der Waals surface area contributed by atoms with E-state index in [-0.39, 0.29) is 11.1 Å². The molecular weight excluding hydrogens is 258 g/mol. The van der Waals surface area contributed by atoms with E-state index in [0.29, 0.717) is 10.7 Å². The molecule has 0 aliphatic heterocycles. The van der Waals surface area contributed by atoms with Crippen LogP contribution in [0.25, 0.3) is 0 Å². The van der Waals surface area contributed by atoms with E-state index in [4.69, 9.17) is 23.8 Å². The second kappa shape index (κ2) is 6.51. The summed E-state index contributed by atoms with van der Waals surface area (Å²) in [5.74, 6) is -0.333. The van der Waals surface area contributed by atoms with Gasteiger partial charge in [-0.1, -0.05) is 11.6 Å². The fourth-order valence-corrected chi connectivity index (χ4v) is 1.87. The smallest absolute Gasteiger partial charge is 0.260 e. The highest BCUT2D eigenvalue weighted by molar-refractivity contribution is 7.80. The lowest BCUT2D eigenvalue weighted by atomic mass is 10.3. The van der Waals surface area contributed by atoms with E-state index in [9.17, 15) is 4.79 Å². The number of carbonyl (C=O) groups is 1. The van der Waals surface area contributed by atoms with Gasteiger partial charge in [-0.15, -0.1) is 0 Å². The molecule has 0 aliphatic carbocycles. The van der Waals surface area contributed by atoms with Crippen LogP contribution in [0.1, 0.15) is 24.2 Å². The number of pyridine rings is 1. The van der Waals surface area contributed by atoms with E-state index in [1.807, 2.05) is 18.7 Å². The van der Waals surface area contributed by atoms with Crippen molar-refractivity contribution in [2.45, 2.75) is 13.8 Å². The summed E-state index contributed by atoms with van der Waals surface area (Å²) in [7, 11) is 0. The van der Waals surface area contributed by atoms with Gasteiger partial charge in [0.15, 0.2) is 5.11 Å². The van der Waals surface area contributed by atoms with Crippen LogP contribution in [0.15, 0.2) is 18.3 Å². The maximum atomic E-state index is 11.9. The molecule has 4 nitrogen and oxygen atoms in total. The number of hydrogen-bond acceptors (Lipinski definition) is 3. The predicted molar refractivity (Wildman–Crippen MR) is 72.2 cm³/mol. The van der Waals surface area contributed by atoms with Gasteiger partial charge in [-0.2, -0.15) is 0 Å². The van der Waals surface area contributed by atoms with Gasteiger partial charge in [0.1, 0.15) is 5.15 Å². The lowest BCUT2D eigenvalue weighted by molar-refractivity contribution is 0.0973. The van der Waals surface area contributed by atoms with Gasteiger partial charge in [0.05, 0.1) is 5.56 Å². The third-order valence-corrected chi connectivity index (χ3v) is 2.94. The van der Waals surface area contributed by atoms with Crippen molar-refractivity contribution >= 4 is 34.8 Å². The number of carbonyl (C=O) groups excluding carboxylic acids is 1. The molecule has 92 valence electrons. The summed E-state index contributed by atoms with van der Waals surface area (Å²) in [4.78, 5) is 17.6. The first-order chi connectivity index (χ1) is 8.10. The second-order valence-electron chi connectivity index (χ2n) is 3.27. The van der Waals surface area contributed by atoms with Crippen molar-refractivity contribution in [3.63, 3.8) is 0 Å². The summed E-state index contributed by atoms with van der Waals surface area (Å²) in [6, 6.07) is 3.26. The topological polar surface area (TPSA) is 45.2 Å². The van der Waals surface area contributed by atoms with Crippen LogP contribution in [0.4, 0.5) is 0 Å². The highest BCUT2D eigenvalue weighted by Crippen LogP contribution is 2.11. The monoisotopic (exact) mass is 271 g/mol. The zero-order valence-corrected chi connectivity index (χ0v) is 11.3. The van der Waals surface area contributed by atoms with E-state index >= 15 is 0 Å². The lowest BCUT2D eigenvalue weighted by Gasteiger charge is -2.21. The van der Waals surface area contributed by atoms with Gasteiger partial charge in [-0.05, 0) is 38.2 Å². The van der Waals surface area contributed by atoms with Crippen molar-refractivity contribution in [2.75, 3.05) is 13.1 Å². The Balaban J connectivity index is 2.73. The molecule has 17 heavy (non-hydrogen) atoms. The minimum Gasteiger partial charge on any atom is -0.350 e. The molecule has 0 aromatic carbocycles. The third-order valence-electron chi connectivity index (χ3n) is 2.27. The second-order valence-corrected chi connectivity index (χ2v) is 4.02. The van der Waals surface area contributed by atoms with Crippen molar-refractivity contribution in [3.05, 3.63) is 29.0 Å². The van der Waals surface area contributed by atoms with E-state index in [1.54, 1.807) is 12.1 Å². The van der Waals surface area contributed by atoms with Crippen LogP contribution in [0, 0.1) is 0 Å². The van der Waals surface area contributed by atoms with Gasteiger partial charge >= 0.3 is 0 Å². The average Bonchev–Trinajstić information content (AvgIpc) is 2.31. The molecule has 1 aromatic rings. The van der Waals surface area contributed by atoms with Crippen molar-refractivity contribution in [1.82, 2.24) is 15.2 Å².